The van der Waals surface area contributed by atoms with E-state index < -0.39 is 0 Å². The Kier molecular flexibility index (Phi) is 4.92. The molecule has 0 aliphatic heterocycles. The van der Waals surface area contributed by atoms with Gasteiger partial charge in [-0.25, -0.2) is 4.79 Å². The highest BCUT2D eigenvalue weighted by Crippen LogP contribution is 2.26. The van der Waals surface area contributed by atoms with Gasteiger partial charge in [0, 0.05) is 6.04 Å². The maximum atomic E-state index is 11.4. The molecule has 1 saturated carbocycles. The van der Waals surface area contributed by atoms with Crippen molar-refractivity contribution >= 4 is 6.09 Å². The van der Waals surface area contributed by atoms with Gasteiger partial charge in [-0.1, -0.05) is 19.3 Å². The first-order chi connectivity index (χ1) is 7.09. The second-order valence-corrected chi connectivity index (χ2v) is 4.79. The Labute approximate surface area is 92.6 Å². The molecule has 1 fully saturated rings. The maximum absolute atomic E-state index is 11.4. The molecule has 88 valence electrons. The fraction of sp³-hybridized carbons (Fsp3) is 0.917. The van der Waals surface area contributed by atoms with Crippen LogP contribution >= 0.6 is 0 Å². The van der Waals surface area contributed by atoms with Gasteiger partial charge in [-0.15, -0.1) is 0 Å². The van der Waals surface area contributed by atoms with Crippen LogP contribution in [0.3, 0.4) is 0 Å². The molecule has 1 amide bonds. The molecule has 0 aromatic heterocycles. The first-order valence-corrected chi connectivity index (χ1v) is 6.06. The van der Waals surface area contributed by atoms with E-state index in [1.807, 2.05) is 13.8 Å². The number of hydrogen-bond acceptors (Lipinski definition) is 2. The zero-order chi connectivity index (χ0) is 11.3. The van der Waals surface area contributed by atoms with Crippen LogP contribution in [0.1, 0.15) is 52.9 Å². The maximum Gasteiger partial charge on any atom is 0.407 e. The number of amides is 1. The average molecular weight is 213 g/mol. The van der Waals surface area contributed by atoms with Crippen LogP contribution in [0, 0.1) is 5.92 Å². The van der Waals surface area contributed by atoms with E-state index >= 15 is 0 Å². The van der Waals surface area contributed by atoms with E-state index in [1.54, 1.807) is 0 Å². The fourth-order valence-corrected chi connectivity index (χ4v) is 2.19. The molecule has 0 radical (unpaired) electrons. The smallest absolute Gasteiger partial charge is 0.407 e. The standard InChI is InChI=1S/C12H23NO2/c1-9(2)15-12(14)13-10(3)11-7-5-4-6-8-11/h9-11H,4-8H2,1-3H3,(H,13,14). The van der Waals surface area contributed by atoms with Gasteiger partial charge in [-0.05, 0) is 39.5 Å². The highest BCUT2D eigenvalue weighted by Gasteiger charge is 2.21. The van der Waals surface area contributed by atoms with Crippen molar-refractivity contribution in [2.75, 3.05) is 0 Å². The molecule has 1 aliphatic rings. The lowest BCUT2D eigenvalue weighted by atomic mass is 9.85. The Morgan fingerprint density at radius 3 is 2.33 bits per heavy atom. The highest BCUT2D eigenvalue weighted by atomic mass is 16.6. The molecule has 0 spiro atoms. The first kappa shape index (κ1) is 12.3. The molecule has 0 aromatic rings. The van der Waals surface area contributed by atoms with Gasteiger partial charge in [0.2, 0.25) is 0 Å². The lowest BCUT2D eigenvalue weighted by molar-refractivity contribution is 0.108. The summed E-state index contributed by atoms with van der Waals surface area (Å²) >= 11 is 0. The van der Waals surface area contributed by atoms with Crippen molar-refractivity contribution in [3.05, 3.63) is 0 Å². The van der Waals surface area contributed by atoms with Crippen molar-refractivity contribution in [3.8, 4) is 0 Å². The lowest BCUT2D eigenvalue weighted by Crippen LogP contribution is -2.39. The molecule has 0 aromatic carbocycles. The zero-order valence-corrected chi connectivity index (χ0v) is 10.1. The van der Waals surface area contributed by atoms with E-state index in [1.165, 1.54) is 32.1 Å². The Hall–Kier alpha value is -0.730. The SMILES string of the molecule is CC(C)OC(=O)NC(C)C1CCCCC1. The molecular formula is C12H23NO2. The Bertz CT molecular complexity index is 198. The number of rotatable bonds is 3. The molecule has 1 atom stereocenters. The monoisotopic (exact) mass is 213 g/mol. The molecule has 1 rings (SSSR count). The molecule has 0 heterocycles. The number of hydrogen-bond donors (Lipinski definition) is 1. The number of carbonyl (C=O) groups is 1. The minimum atomic E-state index is -0.275. The summed E-state index contributed by atoms with van der Waals surface area (Å²) in [7, 11) is 0. The summed E-state index contributed by atoms with van der Waals surface area (Å²) in [5.74, 6) is 0.637. The van der Waals surface area contributed by atoms with E-state index in [-0.39, 0.29) is 18.2 Å². The van der Waals surface area contributed by atoms with Crippen molar-refractivity contribution in [1.82, 2.24) is 5.32 Å². The van der Waals surface area contributed by atoms with Crippen molar-refractivity contribution in [2.45, 2.75) is 65.0 Å². The highest BCUT2D eigenvalue weighted by molar-refractivity contribution is 5.67. The minimum Gasteiger partial charge on any atom is -0.447 e. The third-order valence-electron chi connectivity index (χ3n) is 3.05. The first-order valence-electron chi connectivity index (χ1n) is 6.06. The van der Waals surface area contributed by atoms with Crippen molar-refractivity contribution < 1.29 is 9.53 Å². The molecule has 1 aliphatic carbocycles. The van der Waals surface area contributed by atoms with Crippen molar-refractivity contribution in [3.63, 3.8) is 0 Å². The van der Waals surface area contributed by atoms with Crippen LogP contribution < -0.4 is 5.32 Å². The molecule has 0 saturated heterocycles. The second-order valence-electron chi connectivity index (χ2n) is 4.79. The molecule has 3 nitrogen and oxygen atoms in total. The third-order valence-corrected chi connectivity index (χ3v) is 3.05. The van der Waals surface area contributed by atoms with Gasteiger partial charge in [0.1, 0.15) is 0 Å². The predicted molar refractivity (Wildman–Crippen MR) is 60.8 cm³/mol. The Morgan fingerprint density at radius 1 is 1.20 bits per heavy atom. The largest absolute Gasteiger partial charge is 0.447 e. The quantitative estimate of drug-likeness (QED) is 0.782. The average Bonchev–Trinajstić information content (AvgIpc) is 2.17. The van der Waals surface area contributed by atoms with Crippen LogP contribution in [0.4, 0.5) is 4.79 Å². The summed E-state index contributed by atoms with van der Waals surface area (Å²) in [6, 6.07) is 0.247. The number of ether oxygens (including phenoxy) is 1. The molecule has 0 bridgehead atoms. The van der Waals surface area contributed by atoms with Crippen molar-refractivity contribution in [1.29, 1.82) is 0 Å². The van der Waals surface area contributed by atoms with Gasteiger partial charge in [0.05, 0.1) is 6.10 Å². The zero-order valence-electron chi connectivity index (χ0n) is 10.1. The Balaban J connectivity index is 2.27. The summed E-state index contributed by atoms with van der Waals surface area (Å²) in [5.41, 5.74) is 0. The van der Waals surface area contributed by atoms with Crippen LogP contribution in [0.25, 0.3) is 0 Å². The van der Waals surface area contributed by atoms with Crippen molar-refractivity contribution in [2.24, 2.45) is 5.92 Å². The van der Waals surface area contributed by atoms with Crippen LogP contribution in [0.15, 0.2) is 0 Å². The van der Waals surface area contributed by atoms with Gasteiger partial charge in [0.25, 0.3) is 0 Å². The van der Waals surface area contributed by atoms with Crippen LogP contribution in [-0.4, -0.2) is 18.2 Å². The molecule has 3 heteroatoms. The van der Waals surface area contributed by atoms with Crippen LogP contribution in [-0.2, 0) is 4.74 Å². The summed E-state index contributed by atoms with van der Waals surface area (Å²) in [4.78, 5) is 11.4. The minimum absolute atomic E-state index is 0.0384. The normalized spacial score (nSPS) is 20.0. The third kappa shape index (κ3) is 4.54. The summed E-state index contributed by atoms with van der Waals surface area (Å²) < 4.78 is 5.06. The number of nitrogens with one attached hydrogen (secondary N) is 1. The van der Waals surface area contributed by atoms with Gasteiger partial charge in [-0.2, -0.15) is 0 Å². The van der Waals surface area contributed by atoms with Crippen LogP contribution in [0.2, 0.25) is 0 Å². The molecule has 1 N–H and O–H groups in total. The second kappa shape index (κ2) is 5.99. The van der Waals surface area contributed by atoms with Gasteiger partial charge >= 0.3 is 6.09 Å². The van der Waals surface area contributed by atoms with E-state index in [0.717, 1.165) is 0 Å². The summed E-state index contributed by atoms with van der Waals surface area (Å²) in [6.45, 7) is 5.81. The predicted octanol–water partition coefficient (Wildman–Crippen LogP) is 3.09. The summed E-state index contributed by atoms with van der Waals surface area (Å²) in [6.07, 6.45) is 6.12. The van der Waals surface area contributed by atoms with E-state index in [4.69, 9.17) is 4.74 Å². The lowest BCUT2D eigenvalue weighted by Gasteiger charge is -2.28. The fourth-order valence-electron chi connectivity index (χ4n) is 2.19. The van der Waals surface area contributed by atoms with Crippen LogP contribution in [0.5, 0.6) is 0 Å². The summed E-state index contributed by atoms with van der Waals surface area (Å²) in [5, 5.41) is 2.92. The molecular weight excluding hydrogens is 190 g/mol. The van der Waals surface area contributed by atoms with Gasteiger partial charge in [-0.3, -0.25) is 0 Å². The van der Waals surface area contributed by atoms with E-state index in [0.29, 0.717) is 5.92 Å². The molecule has 1 unspecified atom stereocenters. The van der Waals surface area contributed by atoms with E-state index in [9.17, 15) is 4.79 Å². The number of carbonyl (C=O) groups excluding carboxylic acids is 1. The van der Waals surface area contributed by atoms with Gasteiger partial charge < -0.3 is 10.1 Å². The van der Waals surface area contributed by atoms with Gasteiger partial charge in [0.15, 0.2) is 0 Å². The molecule has 15 heavy (non-hydrogen) atoms. The van der Waals surface area contributed by atoms with E-state index in [2.05, 4.69) is 12.2 Å². The number of alkyl carbamates (subject to hydrolysis) is 1. The topological polar surface area (TPSA) is 38.3 Å². The Morgan fingerprint density at radius 2 is 1.80 bits per heavy atom.